The van der Waals surface area contributed by atoms with E-state index in [1.807, 2.05) is 57.6 Å². The Kier molecular flexibility index (Phi) is 8.84. The van der Waals surface area contributed by atoms with Gasteiger partial charge in [0.15, 0.2) is 0 Å². The predicted octanol–water partition coefficient (Wildman–Crippen LogP) is 11.1. The summed E-state index contributed by atoms with van der Waals surface area (Å²) in [6.07, 6.45) is 4.80. The van der Waals surface area contributed by atoms with E-state index in [0.29, 0.717) is 0 Å². The standard InChI is InChI=1S/C30H22Cl2S4/c31-24-11-15-26(16-12-24)33-20-19-30(23-9-5-2-6-10-23)29(34-27-17-13-25(32)14-18-27)21-28(35-36-30)22-7-3-1-4-8-22/h1-21,29H/b20-19+. The van der Waals surface area contributed by atoms with Crippen LogP contribution in [0.15, 0.2) is 137 Å². The van der Waals surface area contributed by atoms with Crippen LogP contribution in [-0.4, -0.2) is 5.25 Å². The molecule has 6 heteroatoms. The SMILES string of the molecule is Clc1ccc(S/C=C/C2(c3ccccc3)SSC(c3ccccc3)=CC2Sc2ccc(Cl)cc2)cc1. The van der Waals surface area contributed by atoms with Crippen molar-refractivity contribution in [1.29, 1.82) is 0 Å². The van der Waals surface area contributed by atoms with Crippen LogP contribution in [0, 0.1) is 0 Å². The molecule has 1 aliphatic rings. The first kappa shape index (κ1) is 26.0. The molecule has 4 aromatic carbocycles. The molecule has 0 nitrogen and oxygen atoms in total. The zero-order valence-corrected chi connectivity index (χ0v) is 23.9. The summed E-state index contributed by atoms with van der Waals surface area (Å²) in [5.41, 5.74) is 2.53. The Bertz CT molecular complexity index is 1340. The molecular formula is C30H22Cl2S4. The van der Waals surface area contributed by atoms with Crippen LogP contribution in [0.25, 0.3) is 4.91 Å². The molecule has 1 aliphatic heterocycles. The molecule has 0 radical (unpaired) electrons. The van der Waals surface area contributed by atoms with Crippen molar-refractivity contribution in [2.45, 2.75) is 19.8 Å². The summed E-state index contributed by atoms with van der Waals surface area (Å²) in [6.45, 7) is 0. The molecule has 2 atom stereocenters. The molecule has 2 unspecified atom stereocenters. The minimum atomic E-state index is -0.270. The van der Waals surface area contributed by atoms with Gasteiger partial charge in [0.2, 0.25) is 0 Å². The molecule has 0 N–H and O–H groups in total. The monoisotopic (exact) mass is 580 g/mol. The molecule has 0 bridgehead atoms. The molecule has 36 heavy (non-hydrogen) atoms. The Balaban J connectivity index is 1.56. The average molecular weight is 582 g/mol. The molecule has 0 fully saturated rings. The van der Waals surface area contributed by atoms with Crippen molar-refractivity contribution in [3.63, 3.8) is 0 Å². The largest absolute Gasteiger partial charge is 0.116 e. The maximum Gasteiger partial charge on any atom is 0.0860 e. The van der Waals surface area contributed by atoms with E-state index in [2.05, 4.69) is 102 Å². The summed E-state index contributed by atoms with van der Waals surface area (Å²) in [4.78, 5) is 3.65. The van der Waals surface area contributed by atoms with E-state index in [1.165, 1.54) is 20.9 Å². The maximum atomic E-state index is 6.20. The molecule has 1 heterocycles. The van der Waals surface area contributed by atoms with Crippen LogP contribution in [-0.2, 0) is 4.75 Å². The predicted molar refractivity (Wildman–Crippen MR) is 165 cm³/mol. The smallest absolute Gasteiger partial charge is 0.0860 e. The average Bonchev–Trinajstić information content (AvgIpc) is 2.93. The van der Waals surface area contributed by atoms with Gasteiger partial charge in [-0.05, 0) is 65.1 Å². The van der Waals surface area contributed by atoms with E-state index >= 15 is 0 Å². The van der Waals surface area contributed by atoms with Crippen molar-refractivity contribution >= 4 is 73.2 Å². The van der Waals surface area contributed by atoms with Gasteiger partial charge in [-0.2, -0.15) is 0 Å². The van der Waals surface area contributed by atoms with Gasteiger partial charge in [-0.1, -0.05) is 129 Å². The van der Waals surface area contributed by atoms with E-state index in [4.69, 9.17) is 23.2 Å². The van der Waals surface area contributed by atoms with Crippen molar-refractivity contribution in [3.05, 3.63) is 148 Å². The highest BCUT2D eigenvalue weighted by Crippen LogP contribution is 2.60. The molecule has 0 spiro atoms. The number of hydrogen-bond donors (Lipinski definition) is 0. The van der Waals surface area contributed by atoms with E-state index < -0.39 is 0 Å². The van der Waals surface area contributed by atoms with Crippen molar-refractivity contribution in [3.8, 4) is 0 Å². The molecule has 5 rings (SSSR count). The summed E-state index contributed by atoms with van der Waals surface area (Å²) >= 11 is 15.9. The Labute approximate surface area is 239 Å². The zero-order chi connectivity index (χ0) is 24.8. The van der Waals surface area contributed by atoms with Gasteiger partial charge >= 0.3 is 0 Å². The summed E-state index contributed by atoms with van der Waals surface area (Å²) < 4.78 is -0.270. The van der Waals surface area contributed by atoms with Crippen molar-refractivity contribution in [1.82, 2.24) is 0 Å². The first-order valence-electron chi connectivity index (χ1n) is 11.3. The lowest BCUT2D eigenvalue weighted by Gasteiger charge is -2.40. The van der Waals surface area contributed by atoms with Crippen LogP contribution < -0.4 is 0 Å². The summed E-state index contributed by atoms with van der Waals surface area (Å²) in [6, 6.07) is 37.6. The summed E-state index contributed by atoms with van der Waals surface area (Å²) in [5.74, 6) is 0. The number of thioether (sulfide) groups is 2. The van der Waals surface area contributed by atoms with Crippen LogP contribution in [0.3, 0.4) is 0 Å². The third-order valence-corrected chi connectivity index (χ3v) is 11.6. The quantitative estimate of drug-likeness (QED) is 0.157. The van der Waals surface area contributed by atoms with Crippen LogP contribution in [0.2, 0.25) is 10.0 Å². The molecule has 0 aliphatic carbocycles. The van der Waals surface area contributed by atoms with Gasteiger partial charge in [-0.3, -0.25) is 0 Å². The van der Waals surface area contributed by atoms with Crippen LogP contribution in [0.1, 0.15) is 11.1 Å². The highest BCUT2D eigenvalue weighted by Gasteiger charge is 2.42. The first-order valence-corrected chi connectivity index (χ1v) is 16.0. The number of halogens is 2. The second-order valence-electron chi connectivity index (χ2n) is 8.09. The van der Waals surface area contributed by atoms with Crippen LogP contribution in [0.4, 0.5) is 0 Å². The minimum absolute atomic E-state index is 0.157. The summed E-state index contributed by atoms with van der Waals surface area (Å²) in [5, 5.41) is 3.88. The van der Waals surface area contributed by atoms with Gasteiger partial charge in [-0.25, -0.2) is 0 Å². The fourth-order valence-electron chi connectivity index (χ4n) is 3.84. The van der Waals surface area contributed by atoms with E-state index in [1.54, 1.807) is 11.8 Å². The number of hydrogen-bond acceptors (Lipinski definition) is 4. The van der Waals surface area contributed by atoms with Crippen LogP contribution >= 0.6 is 68.3 Å². The minimum Gasteiger partial charge on any atom is -0.116 e. The van der Waals surface area contributed by atoms with Crippen molar-refractivity contribution < 1.29 is 0 Å². The Morgan fingerprint density at radius 2 is 1.28 bits per heavy atom. The molecular weight excluding hydrogens is 560 g/mol. The first-order chi connectivity index (χ1) is 17.6. The molecule has 0 saturated heterocycles. The fourth-order valence-corrected chi connectivity index (χ4v) is 9.72. The van der Waals surface area contributed by atoms with Gasteiger partial charge in [0.1, 0.15) is 0 Å². The molecule has 0 amide bonds. The fraction of sp³-hybridized carbons (Fsp3) is 0.0667. The second kappa shape index (κ2) is 12.3. The lowest BCUT2D eigenvalue weighted by atomic mass is 9.93. The molecule has 4 aromatic rings. The maximum absolute atomic E-state index is 6.20. The molecule has 0 saturated carbocycles. The van der Waals surface area contributed by atoms with E-state index in [0.717, 1.165) is 14.9 Å². The second-order valence-corrected chi connectivity index (χ2v) is 13.6. The third kappa shape index (κ3) is 6.24. The van der Waals surface area contributed by atoms with E-state index in [-0.39, 0.29) is 10.00 Å². The third-order valence-electron chi connectivity index (χ3n) is 5.69. The van der Waals surface area contributed by atoms with E-state index in [9.17, 15) is 0 Å². The number of rotatable bonds is 7. The molecule has 180 valence electrons. The Morgan fingerprint density at radius 3 is 1.92 bits per heavy atom. The Hall–Kier alpha value is -1.66. The zero-order valence-electron chi connectivity index (χ0n) is 19.1. The summed E-state index contributed by atoms with van der Waals surface area (Å²) in [7, 11) is 3.76. The lowest BCUT2D eigenvalue weighted by Crippen LogP contribution is -2.32. The molecule has 0 aromatic heterocycles. The number of benzene rings is 4. The van der Waals surface area contributed by atoms with Gasteiger partial charge in [-0.15, -0.1) is 11.8 Å². The van der Waals surface area contributed by atoms with Gasteiger partial charge < -0.3 is 0 Å². The Morgan fingerprint density at radius 1 is 0.694 bits per heavy atom. The normalized spacial score (nSPS) is 19.8. The van der Waals surface area contributed by atoms with Gasteiger partial charge in [0.25, 0.3) is 0 Å². The van der Waals surface area contributed by atoms with Crippen molar-refractivity contribution in [2.75, 3.05) is 0 Å². The highest BCUT2D eigenvalue weighted by molar-refractivity contribution is 8.80. The lowest BCUT2D eigenvalue weighted by molar-refractivity contribution is 0.811. The van der Waals surface area contributed by atoms with Gasteiger partial charge in [0, 0.05) is 24.7 Å². The van der Waals surface area contributed by atoms with Crippen molar-refractivity contribution in [2.24, 2.45) is 0 Å². The van der Waals surface area contributed by atoms with Gasteiger partial charge in [0.05, 0.1) is 10.00 Å². The topological polar surface area (TPSA) is 0 Å². The van der Waals surface area contributed by atoms with Crippen LogP contribution in [0.5, 0.6) is 0 Å². The highest BCUT2D eigenvalue weighted by atomic mass is 35.5.